The summed E-state index contributed by atoms with van der Waals surface area (Å²) in [6, 6.07) is 17.1. The molecule has 3 rings (SSSR count). The van der Waals surface area contributed by atoms with E-state index in [0.29, 0.717) is 5.56 Å². The molecule has 0 saturated carbocycles. The molecule has 0 aliphatic heterocycles. The number of hydrogen-bond acceptors (Lipinski definition) is 1. The fourth-order valence-corrected chi connectivity index (χ4v) is 2.36. The summed E-state index contributed by atoms with van der Waals surface area (Å²) in [5.41, 5.74) is 3.58. The Morgan fingerprint density at radius 1 is 1.00 bits per heavy atom. The van der Waals surface area contributed by atoms with Crippen LogP contribution >= 0.6 is 0 Å². The first-order valence-electron chi connectivity index (χ1n) is 6.40. The molecule has 3 aromatic rings. The van der Waals surface area contributed by atoms with Gasteiger partial charge in [0, 0.05) is 29.7 Å². The van der Waals surface area contributed by atoms with E-state index in [4.69, 9.17) is 5.11 Å². The number of aryl methyl sites for hydroxylation is 1. The Bertz CT molecular complexity index is 792. The molecule has 0 spiro atoms. The van der Waals surface area contributed by atoms with Crippen molar-refractivity contribution in [1.82, 2.24) is 0 Å². The van der Waals surface area contributed by atoms with Crippen molar-refractivity contribution in [1.29, 1.82) is 0 Å². The summed E-state index contributed by atoms with van der Waals surface area (Å²) in [7, 11) is 0. The number of carbonyl (C=O) groups is 1. The van der Waals surface area contributed by atoms with Gasteiger partial charge in [0.25, 0.3) is 0 Å². The maximum absolute atomic E-state index is 10.9. The minimum absolute atomic E-state index is 0.297. The molecule has 1 N–H and O–H groups in total. The van der Waals surface area contributed by atoms with E-state index in [9.17, 15) is 4.79 Å². The second-order valence-corrected chi connectivity index (χ2v) is 4.74. The zero-order valence-electron chi connectivity index (χ0n) is 11.1. The summed E-state index contributed by atoms with van der Waals surface area (Å²) in [5.74, 6) is -0.907. The number of pyridine rings is 1. The summed E-state index contributed by atoms with van der Waals surface area (Å²) in [5, 5.41) is 10.1. The van der Waals surface area contributed by atoms with Crippen molar-refractivity contribution < 1.29 is 14.5 Å². The van der Waals surface area contributed by atoms with Gasteiger partial charge in [-0.15, -0.1) is 0 Å². The number of aromatic nitrogens is 1. The van der Waals surface area contributed by atoms with Gasteiger partial charge in [0.05, 0.1) is 5.56 Å². The maximum Gasteiger partial charge on any atom is 0.335 e. The zero-order valence-corrected chi connectivity index (χ0v) is 11.1. The van der Waals surface area contributed by atoms with Gasteiger partial charge in [0.1, 0.15) is 0 Å². The lowest BCUT2D eigenvalue weighted by Gasteiger charge is -2.03. The molecule has 0 amide bonds. The molecule has 2 aromatic carbocycles. The van der Waals surface area contributed by atoms with Gasteiger partial charge in [-0.3, -0.25) is 0 Å². The van der Waals surface area contributed by atoms with Crippen LogP contribution in [-0.4, -0.2) is 11.1 Å². The number of nitrogens with zero attached hydrogens (tertiary/aromatic N) is 1. The van der Waals surface area contributed by atoms with Crippen LogP contribution in [0.15, 0.2) is 60.8 Å². The average Bonchev–Trinajstić information content (AvgIpc) is 2.48. The highest BCUT2D eigenvalue weighted by molar-refractivity contribution is 5.87. The van der Waals surface area contributed by atoms with Gasteiger partial charge in [-0.1, -0.05) is 12.1 Å². The summed E-state index contributed by atoms with van der Waals surface area (Å²) in [6.07, 6.45) is 2.01. The lowest BCUT2D eigenvalue weighted by Crippen LogP contribution is -2.31. The molecule has 0 aliphatic carbocycles. The molecule has 98 valence electrons. The summed E-state index contributed by atoms with van der Waals surface area (Å²) in [6.45, 7) is 2.08. The molecule has 1 heterocycles. The van der Waals surface area contributed by atoms with Crippen LogP contribution in [0.25, 0.3) is 16.6 Å². The fourth-order valence-electron chi connectivity index (χ4n) is 2.36. The third kappa shape index (κ3) is 2.03. The summed E-state index contributed by atoms with van der Waals surface area (Å²) >= 11 is 0. The number of fused-ring (bicyclic) bond motifs is 1. The van der Waals surface area contributed by atoms with E-state index in [1.54, 1.807) is 12.1 Å². The molecule has 0 radical (unpaired) electrons. The van der Waals surface area contributed by atoms with Crippen molar-refractivity contribution in [3.8, 4) is 5.69 Å². The predicted octanol–water partition coefficient (Wildman–Crippen LogP) is 3.12. The van der Waals surface area contributed by atoms with Crippen molar-refractivity contribution >= 4 is 16.9 Å². The predicted molar refractivity (Wildman–Crippen MR) is 77.2 cm³/mol. The highest BCUT2D eigenvalue weighted by Gasteiger charge is 2.13. The van der Waals surface area contributed by atoms with Crippen LogP contribution < -0.4 is 4.57 Å². The number of benzene rings is 2. The van der Waals surface area contributed by atoms with Crippen molar-refractivity contribution in [2.45, 2.75) is 6.92 Å². The van der Waals surface area contributed by atoms with Crippen LogP contribution in [-0.2, 0) is 0 Å². The van der Waals surface area contributed by atoms with E-state index >= 15 is 0 Å². The molecule has 20 heavy (non-hydrogen) atoms. The monoisotopic (exact) mass is 264 g/mol. The van der Waals surface area contributed by atoms with Gasteiger partial charge in [-0.25, -0.2) is 4.79 Å². The molecule has 3 heteroatoms. The van der Waals surface area contributed by atoms with Gasteiger partial charge in [-0.05, 0) is 30.7 Å². The number of carboxylic acids is 1. The van der Waals surface area contributed by atoms with E-state index < -0.39 is 5.97 Å². The van der Waals surface area contributed by atoms with Gasteiger partial charge < -0.3 is 5.11 Å². The van der Waals surface area contributed by atoms with Crippen LogP contribution in [0, 0.1) is 6.92 Å². The van der Waals surface area contributed by atoms with Crippen LogP contribution in [0.4, 0.5) is 0 Å². The number of rotatable bonds is 2. The Hall–Kier alpha value is -2.68. The van der Waals surface area contributed by atoms with Crippen LogP contribution in [0.5, 0.6) is 0 Å². The standard InChI is InChI=1S/C17H13NO2/c1-12-10-11-18(16-5-3-2-4-15(12)16)14-8-6-13(7-9-14)17(19)20/h2-11H,1H3/p+1. The Labute approximate surface area is 116 Å². The number of aromatic carboxylic acids is 1. The Morgan fingerprint density at radius 2 is 1.70 bits per heavy atom. The smallest absolute Gasteiger partial charge is 0.335 e. The van der Waals surface area contributed by atoms with Gasteiger partial charge in [-0.2, -0.15) is 4.57 Å². The third-order valence-corrected chi connectivity index (χ3v) is 3.45. The summed E-state index contributed by atoms with van der Waals surface area (Å²) < 4.78 is 2.06. The molecule has 0 atom stereocenters. The molecule has 0 aliphatic rings. The highest BCUT2D eigenvalue weighted by Crippen LogP contribution is 2.16. The minimum Gasteiger partial charge on any atom is -0.478 e. The first-order chi connectivity index (χ1) is 9.66. The zero-order chi connectivity index (χ0) is 14.1. The van der Waals surface area contributed by atoms with Gasteiger partial charge in [0.15, 0.2) is 6.20 Å². The molecule has 0 unspecified atom stereocenters. The van der Waals surface area contributed by atoms with Crippen molar-refractivity contribution in [3.05, 3.63) is 71.9 Å². The first-order valence-corrected chi connectivity index (χ1v) is 6.40. The second-order valence-electron chi connectivity index (χ2n) is 4.74. The third-order valence-electron chi connectivity index (χ3n) is 3.45. The Morgan fingerprint density at radius 3 is 2.40 bits per heavy atom. The van der Waals surface area contributed by atoms with E-state index in [1.807, 2.05) is 30.5 Å². The quantitative estimate of drug-likeness (QED) is 0.722. The minimum atomic E-state index is -0.907. The van der Waals surface area contributed by atoms with E-state index in [2.05, 4.69) is 29.7 Å². The van der Waals surface area contributed by atoms with Gasteiger partial charge >= 0.3 is 5.97 Å². The SMILES string of the molecule is Cc1cc[n+](-c2ccc(C(=O)O)cc2)c2ccccc12. The largest absolute Gasteiger partial charge is 0.478 e. The van der Waals surface area contributed by atoms with Gasteiger partial charge in [0.2, 0.25) is 11.2 Å². The first kappa shape index (κ1) is 12.4. The molecule has 0 fully saturated rings. The van der Waals surface area contributed by atoms with Crippen LogP contribution in [0.2, 0.25) is 0 Å². The van der Waals surface area contributed by atoms with E-state index in [-0.39, 0.29) is 0 Å². The molecular weight excluding hydrogens is 250 g/mol. The number of carboxylic acid groups (broad SMARTS) is 1. The van der Waals surface area contributed by atoms with Crippen LogP contribution in [0.3, 0.4) is 0 Å². The van der Waals surface area contributed by atoms with E-state index in [0.717, 1.165) is 11.2 Å². The van der Waals surface area contributed by atoms with Crippen molar-refractivity contribution in [3.63, 3.8) is 0 Å². The number of para-hydroxylation sites is 1. The molecule has 0 bridgehead atoms. The van der Waals surface area contributed by atoms with Crippen molar-refractivity contribution in [2.75, 3.05) is 0 Å². The lowest BCUT2D eigenvalue weighted by molar-refractivity contribution is -0.567. The molecular formula is C17H14NO2+. The molecule has 3 nitrogen and oxygen atoms in total. The Balaban J connectivity index is 2.19. The second kappa shape index (κ2) is 4.78. The highest BCUT2D eigenvalue weighted by atomic mass is 16.4. The summed E-state index contributed by atoms with van der Waals surface area (Å²) in [4.78, 5) is 10.9. The maximum atomic E-state index is 10.9. The molecule has 0 saturated heterocycles. The lowest BCUT2D eigenvalue weighted by atomic mass is 10.1. The average molecular weight is 264 g/mol. The van der Waals surface area contributed by atoms with Crippen LogP contribution in [0.1, 0.15) is 15.9 Å². The van der Waals surface area contributed by atoms with E-state index in [1.165, 1.54) is 10.9 Å². The fraction of sp³-hybridized carbons (Fsp3) is 0.0588. The normalized spacial score (nSPS) is 10.7. The molecule has 1 aromatic heterocycles. The van der Waals surface area contributed by atoms with Crippen molar-refractivity contribution in [2.24, 2.45) is 0 Å². The number of hydrogen-bond donors (Lipinski definition) is 1. The topological polar surface area (TPSA) is 41.2 Å². The Kier molecular flexibility index (Phi) is 2.95.